The number of hydrogen-bond acceptors (Lipinski definition) is 4. The van der Waals surface area contributed by atoms with Crippen LogP contribution in [0.15, 0.2) is 24.3 Å². The zero-order valence-corrected chi connectivity index (χ0v) is 16.8. The number of likely N-dealkylation sites (tertiary alicyclic amines) is 2. The Morgan fingerprint density at radius 2 is 1.92 bits per heavy atom. The number of nitrogens with zero attached hydrogens (tertiary/aromatic N) is 2. The predicted molar refractivity (Wildman–Crippen MR) is 107 cm³/mol. The van der Waals surface area contributed by atoms with Crippen LogP contribution in [0.3, 0.4) is 0 Å². The second-order valence-corrected chi connectivity index (χ2v) is 7.11. The summed E-state index contributed by atoms with van der Waals surface area (Å²) < 4.78 is 5.53. The van der Waals surface area contributed by atoms with Crippen LogP contribution in [0.1, 0.15) is 44.2 Å². The molecule has 0 radical (unpaired) electrons. The lowest BCUT2D eigenvalue weighted by Crippen LogP contribution is -2.48. The maximum Gasteiger partial charge on any atom is 0.237 e. The number of carbonyl (C=O) groups excluding carboxylic acids is 1. The first-order chi connectivity index (χ1) is 12.2. The van der Waals surface area contributed by atoms with Gasteiger partial charge in [0.25, 0.3) is 0 Å². The van der Waals surface area contributed by atoms with E-state index in [4.69, 9.17) is 4.74 Å². The van der Waals surface area contributed by atoms with E-state index < -0.39 is 0 Å². The van der Waals surface area contributed by atoms with Crippen LogP contribution in [-0.2, 0) is 4.79 Å². The quantitative estimate of drug-likeness (QED) is 0.823. The number of rotatable bonds is 6. The minimum Gasteiger partial charge on any atom is -0.494 e. The monoisotopic (exact) mass is 381 g/mol. The van der Waals surface area contributed by atoms with Crippen molar-refractivity contribution in [3.05, 3.63) is 29.8 Å². The molecule has 0 saturated carbocycles. The molecule has 26 heavy (non-hydrogen) atoms. The third-order valence-electron chi connectivity index (χ3n) is 5.42. The molecule has 2 atom stereocenters. The van der Waals surface area contributed by atoms with Crippen molar-refractivity contribution in [2.24, 2.45) is 0 Å². The SMILES string of the molecule is CCOc1ccc(C2CCCN2C(=O)CN2CCCC(NC)C2)cc1.Cl. The number of amides is 1. The standard InChI is InChI=1S/C20H31N3O2.ClH/c1-3-25-18-10-8-16(9-11-18)19-7-5-13-23(19)20(24)15-22-12-4-6-17(14-22)21-2;/h8-11,17,19,21H,3-7,12-15H2,1-2H3;1H. The molecule has 146 valence electrons. The maximum atomic E-state index is 12.9. The molecule has 1 amide bonds. The largest absolute Gasteiger partial charge is 0.494 e. The second-order valence-electron chi connectivity index (χ2n) is 7.11. The van der Waals surface area contributed by atoms with Crippen molar-refractivity contribution >= 4 is 18.3 Å². The van der Waals surface area contributed by atoms with E-state index in [9.17, 15) is 4.79 Å². The molecule has 1 N–H and O–H groups in total. The summed E-state index contributed by atoms with van der Waals surface area (Å²) in [5.41, 5.74) is 1.22. The van der Waals surface area contributed by atoms with Crippen LogP contribution < -0.4 is 10.1 Å². The van der Waals surface area contributed by atoms with Crippen LogP contribution in [-0.4, -0.2) is 61.6 Å². The summed E-state index contributed by atoms with van der Waals surface area (Å²) in [7, 11) is 2.01. The molecule has 2 unspecified atom stereocenters. The first-order valence-electron chi connectivity index (χ1n) is 9.63. The molecule has 3 rings (SSSR count). The summed E-state index contributed by atoms with van der Waals surface area (Å²) in [5.74, 6) is 1.17. The number of ether oxygens (including phenoxy) is 1. The van der Waals surface area contributed by atoms with Gasteiger partial charge in [-0.3, -0.25) is 9.69 Å². The van der Waals surface area contributed by atoms with E-state index in [-0.39, 0.29) is 24.4 Å². The van der Waals surface area contributed by atoms with Gasteiger partial charge in [0.1, 0.15) is 5.75 Å². The van der Waals surface area contributed by atoms with Gasteiger partial charge in [-0.05, 0) is 63.9 Å². The van der Waals surface area contributed by atoms with E-state index in [1.54, 1.807) is 0 Å². The molecule has 1 aromatic carbocycles. The fraction of sp³-hybridized carbons (Fsp3) is 0.650. The molecule has 2 aliphatic heterocycles. The van der Waals surface area contributed by atoms with Crippen molar-refractivity contribution in [3.8, 4) is 5.75 Å². The highest BCUT2D eigenvalue weighted by Gasteiger charge is 2.31. The number of likely N-dealkylation sites (N-methyl/N-ethyl adjacent to an activating group) is 1. The predicted octanol–water partition coefficient (Wildman–Crippen LogP) is 2.85. The lowest BCUT2D eigenvalue weighted by molar-refractivity contribution is -0.133. The fourth-order valence-electron chi connectivity index (χ4n) is 4.08. The van der Waals surface area contributed by atoms with Gasteiger partial charge >= 0.3 is 0 Å². The van der Waals surface area contributed by atoms with Gasteiger partial charge in [-0.1, -0.05) is 12.1 Å². The molecular formula is C20H32ClN3O2. The van der Waals surface area contributed by atoms with Crippen LogP contribution in [0.4, 0.5) is 0 Å². The van der Waals surface area contributed by atoms with Crippen molar-refractivity contribution in [2.45, 2.75) is 44.7 Å². The number of piperidine rings is 1. The highest BCUT2D eigenvalue weighted by atomic mass is 35.5. The highest BCUT2D eigenvalue weighted by molar-refractivity contribution is 5.85. The lowest BCUT2D eigenvalue weighted by atomic mass is 10.0. The Morgan fingerprint density at radius 3 is 2.62 bits per heavy atom. The van der Waals surface area contributed by atoms with Crippen LogP contribution in [0.5, 0.6) is 5.75 Å². The van der Waals surface area contributed by atoms with E-state index in [0.717, 1.165) is 38.2 Å². The van der Waals surface area contributed by atoms with Gasteiger partial charge in [0, 0.05) is 19.1 Å². The number of nitrogens with one attached hydrogen (secondary N) is 1. The summed E-state index contributed by atoms with van der Waals surface area (Å²) in [5, 5.41) is 3.35. The molecule has 0 spiro atoms. The topological polar surface area (TPSA) is 44.8 Å². The van der Waals surface area contributed by atoms with Crippen LogP contribution in [0.2, 0.25) is 0 Å². The van der Waals surface area contributed by atoms with Crippen molar-refractivity contribution in [2.75, 3.05) is 39.8 Å². The normalized spacial score (nSPS) is 23.5. The molecule has 0 aromatic heterocycles. The number of carbonyl (C=O) groups is 1. The average Bonchev–Trinajstić information content (AvgIpc) is 3.13. The zero-order valence-electron chi connectivity index (χ0n) is 15.9. The molecular weight excluding hydrogens is 350 g/mol. The first-order valence-corrected chi connectivity index (χ1v) is 9.63. The van der Waals surface area contributed by atoms with E-state index in [2.05, 4.69) is 27.2 Å². The van der Waals surface area contributed by atoms with Crippen molar-refractivity contribution in [3.63, 3.8) is 0 Å². The van der Waals surface area contributed by atoms with Gasteiger partial charge in [-0.25, -0.2) is 0 Å². The molecule has 1 aromatic rings. The smallest absolute Gasteiger partial charge is 0.237 e. The van der Waals surface area contributed by atoms with Crippen molar-refractivity contribution in [1.29, 1.82) is 0 Å². The Labute approximate surface area is 163 Å². The molecule has 0 aliphatic carbocycles. The highest BCUT2D eigenvalue weighted by Crippen LogP contribution is 2.33. The van der Waals surface area contributed by atoms with Crippen LogP contribution >= 0.6 is 12.4 Å². The van der Waals surface area contributed by atoms with Crippen molar-refractivity contribution < 1.29 is 9.53 Å². The number of halogens is 1. The van der Waals surface area contributed by atoms with Gasteiger partial charge < -0.3 is 15.0 Å². The Kier molecular flexibility index (Phi) is 8.19. The third kappa shape index (κ3) is 5.12. The Balaban J connectivity index is 0.00000243. The zero-order chi connectivity index (χ0) is 17.6. The van der Waals surface area contributed by atoms with E-state index in [1.807, 2.05) is 26.1 Å². The number of benzene rings is 1. The van der Waals surface area contributed by atoms with Gasteiger partial charge in [-0.2, -0.15) is 0 Å². The second kappa shape index (κ2) is 10.1. The van der Waals surface area contributed by atoms with E-state index >= 15 is 0 Å². The molecule has 2 heterocycles. The van der Waals surface area contributed by atoms with Crippen molar-refractivity contribution in [1.82, 2.24) is 15.1 Å². The van der Waals surface area contributed by atoms with Gasteiger partial charge in [0.05, 0.1) is 19.2 Å². The molecule has 2 saturated heterocycles. The molecule has 6 heteroatoms. The van der Waals surface area contributed by atoms with Gasteiger partial charge in [-0.15, -0.1) is 12.4 Å². The Bertz CT molecular complexity index is 567. The van der Waals surface area contributed by atoms with Crippen LogP contribution in [0.25, 0.3) is 0 Å². The molecule has 2 aliphatic rings. The summed E-state index contributed by atoms with van der Waals surface area (Å²) in [4.78, 5) is 17.3. The fourth-order valence-corrected chi connectivity index (χ4v) is 4.08. The van der Waals surface area contributed by atoms with E-state index in [0.29, 0.717) is 19.2 Å². The summed E-state index contributed by atoms with van der Waals surface area (Å²) in [6.45, 7) is 6.10. The summed E-state index contributed by atoms with van der Waals surface area (Å²) in [6, 6.07) is 8.98. The lowest BCUT2D eigenvalue weighted by Gasteiger charge is -2.34. The average molecular weight is 382 g/mol. The van der Waals surface area contributed by atoms with Crippen LogP contribution in [0, 0.1) is 0 Å². The minimum absolute atomic E-state index is 0. The Hall–Kier alpha value is -1.30. The molecule has 0 bridgehead atoms. The summed E-state index contributed by atoms with van der Waals surface area (Å²) in [6.07, 6.45) is 4.52. The third-order valence-corrected chi connectivity index (χ3v) is 5.42. The van der Waals surface area contributed by atoms with Gasteiger partial charge in [0.2, 0.25) is 5.91 Å². The van der Waals surface area contributed by atoms with E-state index in [1.165, 1.54) is 18.4 Å². The first kappa shape index (κ1) is 21.0. The molecule has 2 fully saturated rings. The Morgan fingerprint density at radius 1 is 1.19 bits per heavy atom. The number of hydrogen-bond donors (Lipinski definition) is 1. The summed E-state index contributed by atoms with van der Waals surface area (Å²) >= 11 is 0. The maximum absolute atomic E-state index is 12.9. The minimum atomic E-state index is 0. The molecule has 5 nitrogen and oxygen atoms in total. The van der Waals surface area contributed by atoms with Gasteiger partial charge in [0.15, 0.2) is 0 Å².